The van der Waals surface area contributed by atoms with Crippen LogP contribution in [-0.4, -0.2) is 10.6 Å². The average Bonchev–Trinajstić information content (AvgIpc) is 3.04. The van der Waals surface area contributed by atoms with E-state index in [-0.39, 0.29) is 0 Å². The molecule has 0 unspecified atom stereocenters. The Morgan fingerprint density at radius 2 is 2.11 bits per heavy atom. The van der Waals surface area contributed by atoms with Crippen LogP contribution in [0.4, 0.5) is 0 Å². The lowest BCUT2D eigenvalue weighted by atomic mass is 10.1. The molecular formula is C16H21ClN2. The highest BCUT2D eigenvalue weighted by atomic mass is 35.5. The van der Waals surface area contributed by atoms with Gasteiger partial charge in [0.2, 0.25) is 0 Å². The first-order valence-corrected chi connectivity index (χ1v) is 7.67. The molecule has 1 heterocycles. The lowest BCUT2D eigenvalue weighted by Crippen LogP contribution is -2.25. The van der Waals surface area contributed by atoms with Gasteiger partial charge in [-0.2, -0.15) is 0 Å². The van der Waals surface area contributed by atoms with Crippen LogP contribution in [0.5, 0.6) is 0 Å². The van der Waals surface area contributed by atoms with E-state index in [9.17, 15) is 0 Å². The highest BCUT2D eigenvalue weighted by Gasteiger charge is 2.16. The molecular weight excluding hydrogens is 256 g/mol. The number of benzene rings is 1. The van der Waals surface area contributed by atoms with E-state index >= 15 is 0 Å². The highest BCUT2D eigenvalue weighted by Crippen LogP contribution is 2.29. The molecule has 19 heavy (non-hydrogen) atoms. The minimum absolute atomic E-state index is 0.697. The Hall–Kier alpha value is -0.990. The first-order chi connectivity index (χ1) is 9.29. The number of nitrogens with zero attached hydrogens (tertiary/aromatic N) is 1. The number of rotatable bonds is 4. The maximum atomic E-state index is 6.39. The third-order valence-electron chi connectivity index (χ3n) is 4.21. The summed E-state index contributed by atoms with van der Waals surface area (Å²) in [7, 11) is 0. The normalized spacial score (nSPS) is 16.5. The Bertz CT molecular complexity index is 567. The van der Waals surface area contributed by atoms with Crippen LogP contribution >= 0.6 is 11.6 Å². The minimum atomic E-state index is 0.697. The number of halogens is 1. The summed E-state index contributed by atoms with van der Waals surface area (Å²) in [5.41, 5.74) is 2.58. The molecule has 1 aromatic carbocycles. The first kappa shape index (κ1) is 13.0. The van der Waals surface area contributed by atoms with Crippen LogP contribution in [0.3, 0.4) is 0 Å². The summed E-state index contributed by atoms with van der Waals surface area (Å²) in [6.07, 6.45) is 7.63. The Morgan fingerprint density at radius 3 is 2.84 bits per heavy atom. The van der Waals surface area contributed by atoms with Crippen molar-refractivity contribution in [3.63, 3.8) is 0 Å². The van der Waals surface area contributed by atoms with Crippen molar-refractivity contribution in [3.8, 4) is 0 Å². The van der Waals surface area contributed by atoms with E-state index in [0.717, 1.165) is 18.1 Å². The van der Waals surface area contributed by atoms with Crippen LogP contribution in [0.1, 0.15) is 38.2 Å². The topological polar surface area (TPSA) is 17.0 Å². The molecule has 0 bridgehead atoms. The van der Waals surface area contributed by atoms with Crippen LogP contribution in [-0.2, 0) is 13.1 Å². The Kier molecular flexibility index (Phi) is 3.81. The molecule has 2 nitrogen and oxygen atoms in total. The summed E-state index contributed by atoms with van der Waals surface area (Å²) in [4.78, 5) is 0. The van der Waals surface area contributed by atoms with Crippen molar-refractivity contribution in [2.45, 2.75) is 51.7 Å². The maximum Gasteiger partial charge on any atom is 0.0503 e. The van der Waals surface area contributed by atoms with Crippen molar-refractivity contribution < 1.29 is 0 Å². The largest absolute Gasteiger partial charge is 0.347 e. The summed E-state index contributed by atoms with van der Waals surface area (Å²) in [6, 6.07) is 6.88. The van der Waals surface area contributed by atoms with Gasteiger partial charge in [0.25, 0.3) is 0 Å². The molecule has 0 amide bonds. The fourth-order valence-electron chi connectivity index (χ4n) is 3.17. The minimum Gasteiger partial charge on any atom is -0.347 e. The second-order valence-electron chi connectivity index (χ2n) is 5.44. The summed E-state index contributed by atoms with van der Waals surface area (Å²) in [5, 5.41) is 5.77. The quantitative estimate of drug-likeness (QED) is 0.879. The average molecular weight is 277 g/mol. The van der Waals surface area contributed by atoms with Gasteiger partial charge in [0.15, 0.2) is 0 Å². The molecule has 102 valence electrons. The van der Waals surface area contributed by atoms with Gasteiger partial charge in [-0.25, -0.2) is 0 Å². The number of hydrogen-bond acceptors (Lipinski definition) is 1. The number of aromatic nitrogens is 1. The fourth-order valence-corrected chi connectivity index (χ4v) is 3.46. The molecule has 2 aromatic rings. The second-order valence-corrected chi connectivity index (χ2v) is 5.84. The molecule has 1 aliphatic carbocycles. The molecule has 0 spiro atoms. The van der Waals surface area contributed by atoms with Gasteiger partial charge in [-0.05, 0) is 37.5 Å². The maximum absolute atomic E-state index is 6.39. The smallest absolute Gasteiger partial charge is 0.0503 e. The van der Waals surface area contributed by atoms with Gasteiger partial charge < -0.3 is 9.88 Å². The molecule has 1 aliphatic rings. The molecule has 0 radical (unpaired) electrons. The third-order valence-corrected chi connectivity index (χ3v) is 4.53. The summed E-state index contributed by atoms with van der Waals surface area (Å²) >= 11 is 6.39. The van der Waals surface area contributed by atoms with E-state index in [1.807, 2.05) is 12.1 Å². The van der Waals surface area contributed by atoms with E-state index < -0.39 is 0 Å². The molecule has 0 saturated heterocycles. The highest BCUT2D eigenvalue weighted by molar-refractivity contribution is 6.35. The van der Waals surface area contributed by atoms with E-state index in [2.05, 4.69) is 29.1 Å². The van der Waals surface area contributed by atoms with Crippen LogP contribution in [0.25, 0.3) is 10.9 Å². The van der Waals surface area contributed by atoms with Crippen LogP contribution in [0.15, 0.2) is 24.4 Å². The number of fused-ring (bicyclic) bond motifs is 1. The van der Waals surface area contributed by atoms with Crippen molar-refractivity contribution >= 4 is 22.5 Å². The summed E-state index contributed by atoms with van der Waals surface area (Å²) < 4.78 is 2.28. The lowest BCUT2D eigenvalue weighted by Gasteiger charge is -2.11. The molecule has 0 atom stereocenters. The zero-order valence-corrected chi connectivity index (χ0v) is 12.2. The Labute approximate surface area is 119 Å². The van der Waals surface area contributed by atoms with Gasteiger partial charge >= 0.3 is 0 Å². The van der Waals surface area contributed by atoms with Gasteiger partial charge in [0.05, 0.1) is 5.02 Å². The predicted molar refractivity (Wildman–Crippen MR) is 81.7 cm³/mol. The van der Waals surface area contributed by atoms with E-state index in [1.165, 1.54) is 42.1 Å². The van der Waals surface area contributed by atoms with Gasteiger partial charge in [-0.3, -0.25) is 0 Å². The Morgan fingerprint density at radius 1 is 1.32 bits per heavy atom. The molecule has 3 rings (SSSR count). The fraction of sp³-hybridized carbons (Fsp3) is 0.500. The standard InChI is InChI=1S/C16H21ClN2/c1-2-19-11-12(10-18-13-6-3-4-7-13)16-14(17)8-5-9-15(16)19/h5,8-9,11,13,18H,2-4,6-7,10H2,1H3. The summed E-state index contributed by atoms with van der Waals surface area (Å²) in [6.45, 7) is 4.09. The van der Waals surface area contributed by atoms with Crippen LogP contribution in [0.2, 0.25) is 5.02 Å². The zero-order chi connectivity index (χ0) is 13.2. The third kappa shape index (κ3) is 2.52. The van der Waals surface area contributed by atoms with Crippen LogP contribution < -0.4 is 5.32 Å². The monoisotopic (exact) mass is 276 g/mol. The zero-order valence-electron chi connectivity index (χ0n) is 11.5. The van der Waals surface area contributed by atoms with Crippen molar-refractivity contribution in [1.82, 2.24) is 9.88 Å². The van der Waals surface area contributed by atoms with E-state index in [1.54, 1.807) is 0 Å². The molecule has 1 saturated carbocycles. The number of nitrogens with one attached hydrogen (secondary N) is 1. The molecule has 3 heteroatoms. The van der Waals surface area contributed by atoms with Gasteiger partial charge in [-0.1, -0.05) is 30.5 Å². The lowest BCUT2D eigenvalue weighted by molar-refractivity contribution is 0.525. The summed E-state index contributed by atoms with van der Waals surface area (Å²) in [5.74, 6) is 0. The second kappa shape index (κ2) is 5.56. The predicted octanol–water partition coefficient (Wildman–Crippen LogP) is 4.35. The van der Waals surface area contributed by atoms with E-state index in [4.69, 9.17) is 11.6 Å². The molecule has 1 fully saturated rings. The molecule has 0 aliphatic heterocycles. The van der Waals surface area contributed by atoms with Gasteiger partial charge in [0.1, 0.15) is 0 Å². The number of aryl methyl sites for hydroxylation is 1. The van der Waals surface area contributed by atoms with E-state index in [0.29, 0.717) is 6.04 Å². The van der Waals surface area contributed by atoms with Crippen molar-refractivity contribution in [1.29, 1.82) is 0 Å². The Balaban J connectivity index is 1.89. The van der Waals surface area contributed by atoms with Crippen molar-refractivity contribution in [2.75, 3.05) is 0 Å². The molecule has 1 N–H and O–H groups in total. The van der Waals surface area contributed by atoms with Crippen molar-refractivity contribution in [3.05, 3.63) is 35.0 Å². The van der Waals surface area contributed by atoms with Crippen LogP contribution in [0, 0.1) is 0 Å². The van der Waals surface area contributed by atoms with Crippen molar-refractivity contribution in [2.24, 2.45) is 0 Å². The number of hydrogen-bond donors (Lipinski definition) is 1. The molecule has 1 aromatic heterocycles. The van der Waals surface area contributed by atoms with Gasteiger partial charge in [0, 0.05) is 36.2 Å². The first-order valence-electron chi connectivity index (χ1n) is 7.29. The van der Waals surface area contributed by atoms with Gasteiger partial charge in [-0.15, -0.1) is 0 Å². The SMILES string of the molecule is CCn1cc(CNC2CCCC2)c2c(Cl)cccc21.